The molecule has 0 aromatic rings. The Kier molecular flexibility index (Phi) is 1.59. The molecule has 1 atom stereocenters. The van der Waals surface area contributed by atoms with Gasteiger partial charge < -0.3 is 5.32 Å². The minimum atomic E-state index is -2.45. The molecule has 4 heteroatoms. The minimum Gasteiger partial charge on any atom is -0.356 e. The van der Waals surface area contributed by atoms with Crippen molar-refractivity contribution in [3.05, 3.63) is 0 Å². The molecule has 1 unspecified atom stereocenters. The van der Waals surface area contributed by atoms with E-state index in [2.05, 4.69) is 5.32 Å². The van der Waals surface area contributed by atoms with Crippen molar-refractivity contribution in [2.75, 3.05) is 6.54 Å². The van der Waals surface area contributed by atoms with Gasteiger partial charge in [0.25, 0.3) is 0 Å². The van der Waals surface area contributed by atoms with E-state index in [0.29, 0.717) is 13.0 Å². The summed E-state index contributed by atoms with van der Waals surface area (Å²) < 4.78 is 24.9. The molecule has 2 nitrogen and oxygen atoms in total. The number of hydrogen-bond acceptors (Lipinski definition) is 1. The van der Waals surface area contributed by atoms with Crippen molar-refractivity contribution in [3.63, 3.8) is 0 Å². The first-order valence-electron chi connectivity index (χ1n) is 4.21. The first kappa shape index (κ1) is 7.95. The van der Waals surface area contributed by atoms with Crippen LogP contribution in [0, 0.1) is 11.8 Å². The standard InChI is InChI=1S/C8H11F2NO/c9-8(10)2-6(3-8)5-1-7(12)11-4-5/h5-6H,1-4H2,(H,11,12). The molecule has 1 aliphatic carbocycles. The summed E-state index contributed by atoms with van der Waals surface area (Å²) in [5.74, 6) is -2.21. The fourth-order valence-corrected chi connectivity index (χ4v) is 2.00. The van der Waals surface area contributed by atoms with E-state index < -0.39 is 5.92 Å². The van der Waals surface area contributed by atoms with Crippen LogP contribution in [-0.4, -0.2) is 18.4 Å². The van der Waals surface area contributed by atoms with Crippen molar-refractivity contribution in [1.29, 1.82) is 0 Å². The quantitative estimate of drug-likeness (QED) is 0.636. The number of rotatable bonds is 1. The molecule has 68 valence electrons. The van der Waals surface area contributed by atoms with Crippen LogP contribution in [0.2, 0.25) is 0 Å². The second-order valence-electron chi connectivity index (χ2n) is 3.79. The van der Waals surface area contributed by atoms with Crippen LogP contribution in [0.4, 0.5) is 8.78 Å². The second kappa shape index (κ2) is 2.41. The van der Waals surface area contributed by atoms with E-state index >= 15 is 0 Å². The lowest BCUT2D eigenvalue weighted by Crippen LogP contribution is -2.40. The summed E-state index contributed by atoms with van der Waals surface area (Å²) >= 11 is 0. The van der Waals surface area contributed by atoms with Gasteiger partial charge in [-0.15, -0.1) is 0 Å². The number of hydrogen-bond donors (Lipinski definition) is 1. The van der Waals surface area contributed by atoms with Crippen LogP contribution in [0.5, 0.6) is 0 Å². The minimum absolute atomic E-state index is 0.00946. The SMILES string of the molecule is O=C1CC(C2CC(F)(F)C2)CN1. The van der Waals surface area contributed by atoms with Crippen LogP contribution in [0.1, 0.15) is 19.3 Å². The molecule has 2 rings (SSSR count). The normalized spacial score (nSPS) is 34.5. The van der Waals surface area contributed by atoms with Gasteiger partial charge in [-0.25, -0.2) is 8.78 Å². The monoisotopic (exact) mass is 175 g/mol. The Bertz CT molecular complexity index is 209. The van der Waals surface area contributed by atoms with Crippen molar-refractivity contribution in [2.45, 2.75) is 25.2 Å². The number of nitrogens with one attached hydrogen (secondary N) is 1. The van der Waals surface area contributed by atoms with Crippen LogP contribution in [0.3, 0.4) is 0 Å². The summed E-state index contributed by atoms with van der Waals surface area (Å²) in [5, 5.41) is 2.66. The molecular formula is C8H11F2NO. The number of carbonyl (C=O) groups excluding carboxylic acids is 1. The van der Waals surface area contributed by atoms with Gasteiger partial charge in [0, 0.05) is 25.8 Å². The highest BCUT2D eigenvalue weighted by atomic mass is 19.3. The summed E-state index contributed by atoms with van der Waals surface area (Å²) in [6.07, 6.45) is 0.403. The van der Waals surface area contributed by atoms with E-state index in [1.165, 1.54) is 0 Å². The molecule has 0 spiro atoms. The maximum Gasteiger partial charge on any atom is 0.248 e. The van der Waals surface area contributed by atoms with Crippen LogP contribution in [0.25, 0.3) is 0 Å². The molecule has 0 bridgehead atoms. The zero-order valence-electron chi connectivity index (χ0n) is 6.65. The van der Waals surface area contributed by atoms with Crippen LogP contribution in [0.15, 0.2) is 0 Å². The molecule has 1 saturated carbocycles. The Morgan fingerprint density at radius 3 is 2.42 bits per heavy atom. The molecule has 1 N–H and O–H groups in total. The van der Waals surface area contributed by atoms with Gasteiger partial charge in [0.2, 0.25) is 11.8 Å². The average molecular weight is 175 g/mol. The van der Waals surface area contributed by atoms with E-state index in [1.807, 2.05) is 0 Å². The molecule has 0 aromatic heterocycles. The molecule has 2 fully saturated rings. The van der Waals surface area contributed by atoms with E-state index in [9.17, 15) is 13.6 Å². The van der Waals surface area contributed by atoms with Crippen LogP contribution >= 0.6 is 0 Å². The first-order valence-corrected chi connectivity index (χ1v) is 4.21. The third-order valence-corrected chi connectivity index (χ3v) is 2.80. The maximum atomic E-state index is 12.4. The highest BCUT2D eigenvalue weighted by Gasteiger charge is 2.49. The topological polar surface area (TPSA) is 29.1 Å². The Labute approximate surface area is 69.3 Å². The van der Waals surface area contributed by atoms with E-state index in [1.54, 1.807) is 0 Å². The lowest BCUT2D eigenvalue weighted by molar-refractivity contribution is -0.128. The number of alkyl halides is 2. The number of amides is 1. The van der Waals surface area contributed by atoms with Crippen molar-refractivity contribution in [3.8, 4) is 0 Å². The number of halogens is 2. The van der Waals surface area contributed by atoms with Crippen molar-refractivity contribution in [1.82, 2.24) is 5.32 Å². The molecule has 2 aliphatic rings. The third-order valence-electron chi connectivity index (χ3n) is 2.80. The van der Waals surface area contributed by atoms with Gasteiger partial charge in [-0.3, -0.25) is 4.79 Å². The average Bonchev–Trinajstić information content (AvgIpc) is 2.30. The first-order chi connectivity index (χ1) is 5.57. The van der Waals surface area contributed by atoms with E-state index in [-0.39, 0.29) is 30.6 Å². The Hall–Kier alpha value is -0.670. The van der Waals surface area contributed by atoms with E-state index in [0.717, 1.165) is 0 Å². The van der Waals surface area contributed by atoms with Gasteiger partial charge >= 0.3 is 0 Å². The van der Waals surface area contributed by atoms with Gasteiger partial charge in [-0.05, 0) is 11.8 Å². The molecule has 0 aromatic carbocycles. The maximum absolute atomic E-state index is 12.4. The highest BCUT2D eigenvalue weighted by Crippen LogP contribution is 2.47. The molecule has 1 aliphatic heterocycles. The summed E-state index contributed by atoms with van der Waals surface area (Å²) in [6, 6.07) is 0. The Morgan fingerprint density at radius 2 is 2.00 bits per heavy atom. The summed E-state index contributed by atoms with van der Waals surface area (Å²) in [5.41, 5.74) is 0. The summed E-state index contributed by atoms with van der Waals surface area (Å²) in [4.78, 5) is 10.8. The van der Waals surface area contributed by atoms with Gasteiger partial charge in [-0.1, -0.05) is 0 Å². The number of carbonyl (C=O) groups is 1. The lowest BCUT2D eigenvalue weighted by Gasteiger charge is -2.38. The second-order valence-corrected chi connectivity index (χ2v) is 3.79. The molecule has 12 heavy (non-hydrogen) atoms. The zero-order chi connectivity index (χ0) is 8.77. The van der Waals surface area contributed by atoms with Gasteiger partial charge in [-0.2, -0.15) is 0 Å². The van der Waals surface area contributed by atoms with Crippen LogP contribution < -0.4 is 5.32 Å². The summed E-state index contributed by atoms with van der Waals surface area (Å²) in [7, 11) is 0. The Balaban J connectivity index is 1.85. The molecule has 1 heterocycles. The molecule has 0 radical (unpaired) electrons. The third kappa shape index (κ3) is 1.30. The smallest absolute Gasteiger partial charge is 0.248 e. The molecular weight excluding hydrogens is 164 g/mol. The highest BCUT2D eigenvalue weighted by molar-refractivity contribution is 5.78. The Morgan fingerprint density at radius 1 is 1.33 bits per heavy atom. The van der Waals surface area contributed by atoms with Gasteiger partial charge in [0.1, 0.15) is 0 Å². The van der Waals surface area contributed by atoms with Crippen molar-refractivity contribution >= 4 is 5.91 Å². The predicted molar refractivity (Wildman–Crippen MR) is 38.8 cm³/mol. The van der Waals surface area contributed by atoms with Gasteiger partial charge in [0.05, 0.1) is 0 Å². The van der Waals surface area contributed by atoms with Crippen LogP contribution in [-0.2, 0) is 4.79 Å². The lowest BCUT2D eigenvalue weighted by atomic mass is 9.73. The van der Waals surface area contributed by atoms with Crippen molar-refractivity contribution in [2.24, 2.45) is 11.8 Å². The van der Waals surface area contributed by atoms with Gasteiger partial charge in [0.15, 0.2) is 0 Å². The predicted octanol–water partition coefficient (Wildman–Crippen LogP) is 1.17. The summed E-state index contributed by atoms with van der Waals surface area (Å²) in [6.45, 7) is 0.597. The van der Waals surface area contributed by atoms with Crippen molar-refractivity contribution < 1.29 is 13.6 Å². The zero-order valence-corrected chi connectivity index (χ0v) is 6.65. The largest absolute Gasteiger partial charge is 0.356 e. The van der Waals surface area contributed by atoms with E-state index in [4.69, 9.17) is 0 Å². The fraction of sp³-hybridized carbons (Fsp3) is 0.875. The molecule has 1 amide bonds. The molecule has 1 saturated heterocycles. The fourth-order valence-electron chi connectivity index (χ4n) is 2.00.